The van der Waals surface area contributed by atoms with Crippen molar-refractivity contribution in [3.05, 3.63) is 35.9 Å². The number of carbonyl (C=O) groups is 2. The lowest BCUT2D eigenvalue weighted by Gasteiger charge is -2.73. The summed E-state index contributed by atoms with van der Waals surface area (Å²) < 4.78 is 0. The van der Waals surface area contributed by atoms with Crippen molar-refractivity contribution in [2.75, 3.05) is 0 Å². The van der Waals surface area contributed by atoms with Gasteiger partial charge in [0, 0.05) is 12.2 Å². The van der Waals surface area contributed by atoms with Crippen LogP contribution in [0.4, 0.5) is 0 Å². The molecule has 1 aromatic rings. The Bertz CT molecular complexity index is 1290. The number of fused-ring (bicyclic) bond motifs is 7. The molecule has 0 unspecified atom stereocenters. The predicted molar refractivity (Wildman–Crippen MR) is 165 cm³/mol. The summed E-state index contributed by atoms with van der Waals surface area (Å²) in [6.07, 6.45) is 13.6. The van der Waals surface area contributed by atoms with E-state index in [4.69, 9.17) is 0 Å². The van der Waals surface area contributed by atoms with Gasteiger partial charge in [0.25, 0.3) is 5.91 Å². The van der Waals surface area contributed by atoms with E-state index in [0.29, 0.717) is 29.4 Å². The van der Waals surface area contributed by atoms with Crippen molar-refractivity contribution in [2.24, 2.45) is 56.7 Å². The minimum Gasteiger partial charge on any atom is -0.481 e. The SMILES string of the molecule is C=C(C)[C@@H]1CC[C@]2(C(=O)O)CC[C@]3(C)[C@H](CC[C@@H]4[C@@]5(C)CC[C@H](NC(=O)c6cnc(C)cn6)C(C)(C)[C@@H]5CC[C@]43C)[C@@H]12. The van der Waals surface area contributed by atoms with E-state index in [0.717, 1.165) is 57.1 Å². The second-order valence-electron chi connectivity index (χ2n) is 16.6. The Kier molecular flexibility index (Phi) is 6.84. The Morgan fingerprint density at radius 3 is 2.26 bits per heavy atom. The minimum absolute atomic E-state index is 0.0403. The van der Waals surface area contributed by atoms with Gasteiger partial charge >= 0.3 is 5.97 Å². The molecule has 230 valence electrons. The second-order valence-corrected chi connectivity index (χ2v) is 16.6. The molecule has 6 heteroatoms. The summed E-state index contributed by atoms with van der Waals surface area (Å²) in [7, 11) is 0. The first-order chi connectivity index (χ1) is 19.6. The van der Waals surface area contributed by atoms with Crippen LogP contribution in [0.2, 0.25) is 0 Å². The average Bonchev–Trinajstić information content (AvgIpc) is 3.33. The van der Waals surface area contributed by atoms with Crippen LogP contribution in [0.1, 0.15) is 122 Å². The van der Waals surface area contributed by atoms with E-state index in [1.54, 1.807) is 12.4 Å². The topological polar surface area (TPSA) is 92.2 Å². The minimum atomic E-state index is -0.571. The van der Waals surface area contributed by atoms with Gasteiger partial charge in [0.05, 0.1) is 17.3 Å². The van der Waals surface area contributed by atoms with Gasteiger partial charge in [0.15, 0.2) is 0 Å². The van der Waals surface area contributed by atoms with Crippen LogP contribution in [0.3, 0.4) is 0 Å². The maximum Gasteiger partial charge on any atom is 0.309 e. The lowest BCUT2D eigenvalue weighted by molar-refractivity contribution is -0.240. The summed E-state index contributed by atoms with van der Waals surface area (Å²) in [5.41, 5.74) is 2.28. The van der Waals surface area contributed by atoms with Crippen molar-refractivity contribution in [3.63, 3.8) is 0 Å². The Labute approximate surface area is 252 Å². The van der Waals surface area contributed by atoms with Crippen molar-refractivity contribution in [3.8, 4) is 0 Å². The molecule has 0 spiro atoms. The van der Waals surface area contributed by atoms with E-state index in [1.165, 1.54) is 18.4 Å². The van der Waals surface area contributed by atoms with E-state index in [2.05, 4.69) is 63.4 Å². The molecular formula is C36H53N3O3. The molecule has 0 bridgehead atoms. The highest BCUT2D eigenvalue weighted by Crippen LogP contribution is 2.77. The molecule has 42 heavy (non-hydrogen) atoms. The summed E-state index contributed by atoms with van der Waals surface area (Å²) >= 11 is 0. The first-order valence-electron chi connectivity index (χ1n) is 16.6. The van der Waals surface area contributed by atoms with Crippen LogP contribution >= 0.6 is 0 Å². The van der Waals surface area contributed by atoms with E-state index < -0.39 is 11.4 Å². The first-order valence-corrected chi connectivity index (χ1v) is 16.6. The van der Waals surface area contributed by atoms with Gasteiger partial charge < -0.3 is 10.4 Å². The van der Waals surface area contributed by atoms with Crippen LogP contribution in [-0.2, 0) is 4.79 Å². The van der Waals surface area contributed by atoms with E-state index in [-0.39, 0.29) is 39.5 Å². The zero-order valence-electron chi connectivity index (χ0n) is 27.1. The summed E-state index contributed by atoms with van der Waals surface area (Å²) in [6.45, 7) is 20.9. The predicted octanol–water partition coefficient (Wildman–Crippen LogP) is 7.63. The fourth-order valence-electron chi connectivity index (χ4n) is 12.5. The molecule has 6 rings (SSSR count). The van der Waals surface area contributed by atoms with Gasteiger partial charge in [-0.3, -0.25) is 14.6 Å². The number of aryl methyl sites for hydroxylation is 1. The average molecular weight is 576 g/mol. The summed E-state index contributed by atoms with van der Waals surface area (Å²) in [5.74, 6) is 1.42. The molecule has 1 heterocycles. The number of rotatable bonds is 4. The third kappa shape index (κ3) is 3.87. The molecule has 0 radical (unpaired) electrons. The van der Waals surface area contributed by atoms with Crippen molar-refractivity contribution >= 4 is 11.9 Å². The summed E-state index contributed by atoms with van der Waals surface area (Å²) in [5, 5.41) is 14.0. The maximum atomic E-state index is 13.2. The lowest BCUT2D eigenvalue weighted by atomic mass is 9.32. The van der Waals surface area contributed by atoms with Gasteiger partial charge in [-0.2, -0.15) is 0 Å². The fraction of sp³-hybridized carbons (Fsp3) is 0.778. The second kappa shape index (κ2) is 9.63. The van der Waals surface area contributed by atoms with Crippen LogP contribution in [0.5, 0.6) is 0 Å². The molecule has 0 aromatic carbocycles. The molecule has 1 amide bonds. The zero-order chi connectivity index (χ0) is 30.5. The highest BCUT2D eigenvalue weighted by Gasteiger charge is 2.72. The number of carbonyl (C=O) groups excluding carboxylic acids is 1. The molecule has 0 aliphatic heterocycles. The molecule has 6 nitrogen and oxygen atoms in total. The van der Waals surface area contributed by atoms with E-state index in [1.807, 2.05) is 6.92 Å². The third-order valence-electron chi connectivity index (χ3n) is 14.8. The van der Waals surface area contributed by atoms with Crippen LogP contribution in [0.15, 0.2) is 24.5 Å². The van der Waals surface area contributed by atoms with E-state index >= 15 is 0 Å². The monoisotopic (exact) mass is 575 g/mol. The normalized spacial score (nSPS) is 45.5. The lowest BCUT2D eigenvalue weighted by Crippen LogP contribution is -2.68. The van der Waals surface area contributed by atoms with Crippen LogP contribution in [0.25, 0.3) is 0 Å². The first kappa shape index (κ1) is 29.8. The molecule has 0 saturated heterocycles. The van der Waals surface area contributed by atoms with Gasteiger partial charge in [-0.05, 0) is 129 Å². The highest BCUT2D eigenvalue weighted by atomic mass is 16.4. The Balaban J connectivity index is 1.29. The maximum absolute atomic E-state index is 13.2. The zero-order valence-corrected chi connectivity index (χ0v) is 27.1. The molecule has 5 saturated carbocycles. The summed E-state index contributed by atoms with van der Waals surface area (Å²) in [6, 6.07) is 0.100. The van der Waals surface area contributed by atoms with Crippen LogP contribution < -0.4 is 5.32 Å². The smallest absolute Gasteiger partial charge is 0.309 e. The molecule has 2 N–H and O–H groups in total. The number of hydrogen-bond donors (Lipinski definition) is 2. The largest absolute Gasteiger partial charge is 0.481 e. The fourth-order valence-corrected chi connectivity index (χ4v) is 12.5. The van der Waals surface area contributed by atoms with Crippen LogP contribution in [-0.4, -0.2) is 33.0 Å². The Morgan fingerprint density at radius 1 is 0.881 bits per heavy atom. The summed E-state index contributed by atoms with van der Waals surface area (Å²) in [4.78, 5) is 34.8. The number of amides is 1. The number of allylic oxidation sites excluding steroid dienone is 1. The Hall–Kier alpha value is -2.24. The van der Waals surface area contributed by atoms with E-state index in [9.17, 15) is 14.7 Å². The van der Waals surface area contributed by atoms with Crippen molar-refractivity contribution < 1.29 is 14.7 Å². The molecular weight excluding hydrogens is 522 g/mol. The van der Waals surface area contributed by atoms with Crippen molar-refractivity contribution in [1.82, 2.24) is 15.3 Å². The molecule has 5 fully saturated rings. The number of nitrogens with zero attached hydrogens (tertiary/aromatic N) is 2. The Morgan fingerprint density at radius 2 is 1.62 bits per heavy atom. The number of carboxylic acid groups (broad SMARTS) is 1. The van der Waals surface area contributed by atoms with Gasteiger partial charge in [0.1, 0.15) is 5.69 Å². The van der Waals surface area contributed by atoms with Gasteiger partial charge in [-0.1, -0.05) is 46.8 Å². The molecule has 1 aromatic heterocycles. The molecule has 5 aliphatic carbocycles. The number of hydrogen-bond acceptors (Lipinski definition) is 4. The van der Waals surface area contributed by atoms with Gasteiger partial charge in [0.2, 0.25) is 0 Å². The number of aromatic nitrogens is 2. The van der Waals surface area contributed by atoms with Gasteiger partial charge in [-0.15, -0.1) is 0 Å². The molecule has 5 aliphatic rings. The van der Waals surface area contributed by atoms with Gasteiger partial charge in [-0.25, -0.2) is 4.98 Å². The number of aliphatic carboxylic acids is 1. The molecule has 10 atom stereocenters. The quantitative estimate of drug-likeness (QED) is 0.360. The standard InChI is InChI=1S/C36H53N3O3/c1-21(2)23-11-16-36(31(41)42)18-17-34(7)24(29(23)36)9-10-27-33(6)14-13-28(32(4,5)26(33)12-15-35(27,34)8)39-30(40)25-20-37-22(3)19-38-25/h19-20,23-24,26-29H,1,9-18H2,2-8H3,(H,39,40)(H,41,42)/t23-,24+,26-,27+,28-,29+,33-,34+,35+,36-/m0/s1. The third-order valence-corrected chi connectivity index (χ3v) is 14.8. The number of carboxylic acids is 1. The van der Waals surface area contributed by atoms with Crippen LogP contribution in [0, 0.1) is 63.6 Å². The highest BCUT2D eigenvalue weighted by molar-refractivity contribution is 5.92. The number of nitrogens with one attached hydrogen (secondary N) is 1. The van der Waals surface area contributed by atoms with Crippen molar-refractivity contribution in [1.29, 1.82) is 0 Å². The van der Waals surface area contributed by atoms with Crippen molar-refractivity contribution in [2.45, 2.75) is 119 Å².